The summed E-state index contributed by atoms with van der Waals surface area (Å²) in [7, 11) is -3.74. The van der Waals surface area contributed by atoms with Crippen LogP contribution in [0.15, 0.2) is 59.1 Å². The fourth-order valence-corrected chi connectivity index (χ4v) is 2.82. The quantitative estimate of drug-likeness (QED) is 0.503. The van der Waals surface area contributed by atoms with E-state index in [1.165, 1.54) is 18.3 Å². The molecule has 0 radical (unpaired) electrons. The largest absolute Gasteiger partial charge is 0.386 e. The average molecular weight is 405 g/mol. The van der Waals surface area contributed by atoms with Crippen molar-refractivity contribution in [1.82, 2.24) is 5.32 Å². The number of benzene rings is 2. The van der Waals surface area contributed by atoms with Gasteiger partial charge < -0.3 is 10.6 Å². The van der Waals surface area contributed by atoms with E-state index in [-0.39, 0.29) is 10.5 Å². The van der Waals surface area contributed by atoms with Crippen LogP contribution in [-0.2, 0) is 21.4 Å². The lowest BCUT2D eigenvalue weighted by Gasteiger charge is -2.08. The smallest absolute Gasteiger partial charge is 0.267 e. The number of amides is 1. The summed E-state index contributed by atoms with van der Waals surface area (Å²) in [6.07, 6.45) is 1.29. The van der Waals surface area contributed by atoms with Crippen molar-refractivity contribution in [3.63, 3.8) is 0 Å². The summed E-state index contributed by atoms with van der Waals surface area (Å²) in [5, 5.41) is 20.2. The van der Waals surface area contributed by atoms with Gasteiger partial charge in [0.1, 0.15) is 11.6 Å². The van der Waals surface area contributed by atoms with E-state index in [9.17, 15) is 18.5 Å². The maximum atomic E-state index is 12.2. The Bertz CT molecular complexity index is 1030. The van der Waals surface area contributed by atoms with Crippen molar-refractivity contribution in [3.8, 4) is 6.07 Å². The molecule has 1 amide bonds. The number of nitriles is 1. The molecular formula is C18H17ClN4O3S. The molecule has 0 aliphatic heterocycles. The third-order valence-electron chi connectivity index (χ3n) is 3.62. The van der Waals surface area contributed by atoms with Gasteiger partial charge in [0.15, 0.2) is 0 Å². The molecule has 9 heteroatoms. The first-order valence-corrected chi connectivity index (χ1v) is 9.66. The molecule has 0 saturated heterocycles. The molecule has 0 bridgehead atoms. The number of rotatable bonds is 6. The first-order chi connectivity index (χ1) is 12.7. The van der Waals surface area contributed by atoms with Crippen molar-refractivity contribution in [3.05, 3.63) is 70.4 Å². The highest BCUT2D eigenvalue weighted by molar-refractivity contribution is 7.89. The number of carbonyl (C=O) groups is 1. The maximum Gasteiger partial charge on any atom is 0.267 e. The van der Waals surface area contributed by atoms with Gasteiger partial charge in [-0.2, -0.15) is 5.26 Å². The van der Waals surface area contributed by atoms with Crippen LogP contribution in [0.3, 0.4) is 0 Å². The highest BCUT2D eigenvalue weighted by atomic mass is 35.5. The van der Waals surface area contributed by atoms with Gasteiger partial charge in [0.05, 0.1) is 4.90 Å². The van der Waals surface area contributed by atoms with Gasteiger partial charge in [-0.15, -0.1) is 0 Å². The Morgan fingerprint density at radius 1 is 1.26 bits per heavy atom. The predicted molar refractivity (Wildman–Crippen MR) is 103 cm³/mol. The molecule has 0 aliphatic rings. The molecule has 0 atom stereocenters. The number of nitrogens with two attached hydrogens (primary N) is 1. The Morgan fingerprint density at radius 3 is 2.52 bits per heavy atom. The zero-order chi connectivity index (χ0) is 20.0. The summed E-state index contributed by atoms with van der Waals surface area (Å²) in [5.74, 6) is -0.570. The average Bonchev–Trinajstić information content (AvgIpc) is 2.61. The van der Waals surface area contributed by atoms with Crippen LogP contribution in [0.5, 0.6) is 0 Å². The van der Waals surface area contributed by atoms with E-state index >= 15 is 0 Å². The second-order valence-corrected chi connectivity index (χ2v) is 7.65. The van der Waals surface area contributed by atoms with Crippen molar-refractivity contribution < 1.29 is 13.2 Å². The van der Waals surface area contributed by atoms with Gasteiger partial charge in [-0.1, -0.05) is 29.8 Å². The fraction of sp³-hybridized carbons (Fsp3) is 0.111. The number of primary sulfonamides is 1. The lowest BCUT2D eigenvalue weighted by atomic mass is 10.2. The van der Waals surface area contributed by atoms with Crippen molar-refractivity contribution in [2.24, 2.45) is 5.14 Å². The molecule has 0 heterocycles. The molecule has 0 spiro atoms. The number of anilines is 1. The summed E-state index contributed by atoms with van der Waals surface area (Å²) >= 11 is 5.92. The molecule has 140 valence electrons. The van der Waals surface area contributed by atoms with Gasteiger partial charge >= 0.3 is 0 Å². The SMILES string of the molecule is Cc1ccc(Cl)cc1NC(=O)/C(C#N)=C\NCc1ccc(S(N)(=O)=O)cc1. The molecule has 2 rings (SSSR count). The van der Waals surface area contributed by atoms with Crippen LogP contribution in [0.2, 0.25) is 5.02 Å². The van der Waals surface area contributed by atoms with E-state index < -0.39 is 15.9 Å². The minimum Gasteiger partial charge on any atom is -0.386 e. The first-order valence-electron chi connectivity index (χ1n) is 7.73. The van der Waals surface area contributed by atoms with Crippen LogP contribution in [0.1, 0.15) is 11.1 Å². The number of nitrogens with zero attached hydrogens (tertiary/aromatic N) is 1. The number of carbonyl (C=O) groups excluding carboxylic acids is 1. The standard InChI is InChI=1S/C18H17ClN4O3S/c1-12-2-5-15(19)8-17(12)23-18(24)14(9-20)11-22-10-13-3-6-16(7-4-13)27(21,25)26/h2-8,11,22H,10H2,1H3,(H,23,24)(H2,21,25,26)/b14-11-. The minimum absolute atomic E-state index is 0.00998. The molecular weight excluding hydrogens is 388 g/mol. The molecule has 27 heavy (non-hydrogen) atoms. The summed E-state index contributed by atoms with van der Waals surface area (Å²) in [6.45, 7) is 2.10. The third kappa shape index (κ3) is 5.82. The molecule has 0 unspecified atom stereocenters. The van der Waals surface area contributed by atoms with Gasteiger partial charge in [-0.3, -0.25) is 4.79 Å². The molecule has 2 aromatic carbocycles. The zero-order valence-electron chi connectivity index (χ0n) is 14.4. The van der Waals surface area contributed by atoms with Crippen LogP contribution in [-0.4, -0.2) is 14.3 Å². The molecule has 7 nitrogen and oxygen atoms in total. The van der Waals surface area contributed by atoms with E-state index in [4.69, 9.17) is 16.7 Å². The topological polar surface area (TPSA) is 125 Å². The van der Waals surface area contributed by atoms with E-state index in [1.54, 1.807) is 30.3 Å². The lowest BCUT2D eigenvalue weighted by Crippen LogP contribution is -2.17. The second-order valence-electron chi connectivity index (χ2n) is 5.65. The Labute approximate surface area is 162 Å². The highest BCUT2D eigenvalue weighted by Crippen LogP contribution is 2.20. The van der Waals surface area contributed by atoms with Crippen molar-refractivity contribution in [2.45, 2.75) is 18.4 Å². The summed E-state index contributed by atoms with van der Waals surface area (Å²) < 4.78 is 22.4. The summed E-state index contributed by atoms with van der Waals surface area (Å²) in [5.41, 5.74) is 1.97. The molecule has 4 N–H and O–H groups in total. The van der Waals surface area contributed by atoms with E-state index in [1.807, 2.05) is 13.0 Å². The monoisotopic (exact) mass is 404 g/mol. The lowest BCUT2D eigenvalue weighted by molar-refractivity contribution is -0.112. The van der Waals surface area contributed by atoms with Crippen molar-refractivity contribution >= 4 is 33.2 Å². The molecule has 2 aromatic rings. The van der Waals surface area contributed by atoms with Crippen LogP contribution in [0, 0.1) is 18.3 Å². The number of sulfonamides is 1. The van der Waals surface area contributed by atoms with Gasteiger partial charge in [0.2, 0.25) is 10.0 Å². The number of aryl methyl sites for hydroxylation is 1. The van der Waals surface area contributed by atoms with Crippen molar-refractivity contribution in [2.75, 3.05) is 5.32 Å². The third-order valence-corrected chi connectivity index (χ3v) is 4.78. The maximum absolute atomic E-state index is 12.2. The van der Waals surface area contributed by atoms with Gasteiger partial charge in [0.25, 0.3) is 5.91 Å². The minimum atomic E-state index is -3.74. The zero-order valence-corrected chi connectivity index (χ0v) is 15.9. The molecule has 0 aromatic heterocycles. The normalized spacial score (nSPS) is 11.6. The molecule has 0 saturated carbocycles. The summed E-state index contributed by atoms with van der Waals surface area (Å²) in [6, 6.07) is 12.8. The van der Waals surface area contributed by atoms with Crippen LogP contribution < -0.4 is 15.8 Å². The Balaban J connectivity index is 2.02. The number of halogens is 1. The number of hydrogen-bond donors (Lipinski definition) is 3. The number of hydrogen-bond acceptors (Lipinski definition) is 5. The Kier molecular flexibility index (Phi) is 6.58. The van der Waals surface area contributed by atoms with E-state index in [0.717, 1.165) is 11.1 Å². The van der Waals surface area contributed by atoms with Crippen molar-refractivity contribution in [1.29, 1.82) is 5.26 Å². The Hall–Kier alpha value is -2.86. The first kappa shape index (κ1) is 20.5. The van der Waals surface area contributed by atoms with Crippen LogP contribution in [0.25, 0.3) is 0 Å². The predicted octanol–water partition coefficient (Wildman–Crippen LogP) is 2.43. The molecule has 0 fully saturated rings. The van der Waals surface area contributed by atoms with E-state index in [2.05, 4.69) is 10.6 Å². The van der Waals surface area contributed by atoms with Gasteiger partial charge in [-0.05, 0) is 42.3 Å². The highest BCUT2D eigenvalue weighted by Gasteiger charge is 2.11. The van der Waals surface area contributed by atoms with E-state index in [0.29, 0.717) is 17.3 Å². The van der Waals surface area contributed by atoms with Gasteiger partial charge in [0, 0.05) is 23.5 Å². The fourth-order valence-electron chi connectivity index (χ4n) is 2.14. The Morgan fingerprint density at radius 2 is 1.93 bits per heavy atom. The van der Waals surface area contributed by atoms with Crippen LogP contribution >= 0.6 is 11.6 Å². The molecule has 0 aliphatic carbocycles. The van der Waals surface area contributed by atoms with Crippen LogP contribution in [0.4, 0.5) is 5.69 Å². The van der Waals surface area contributed by atoms with Gasteiger partial charge in [-0.25, -0.2) is 13.6 Å². The second kappa shape index (κ2) is 8.68. The summed E-state index contributed by atoms with van der Waals surface area (Å²) in [4.78, 5) is 12.2. The number of nitrogens with one attached hydrogen (secondary N) is 2.